The molecule has 3 atom stereocenters. The van der Waals surface area contributed by atoms with E-state index in [0.717, 1.165) is 12.2 Å². The lowest BCUT2D eigenvalue weighted by Gasteiger charge is -2.25. The Morgan fingerprint density at radius 3 is 2.54 bits per heavy atom. The first-order valence-corrected chi connectivity index (χ1v) is 8.87. The summed E-state index contributed by atoms with van der Waals surface area (Å²) in [6.45, 7) is 4.42. The molecule has 0 radical (unpaired) electrons. The Bertz CT molecular complexity index is 591. The van der Waals surface area contributed by atoms with Crippen molar-refractivity contribution in [1.29, 1.82) is 0 Å². The quantitative estimate of drug-likeness (QED) is 0.904. The fourth-order valence-corrected chi connectivity index (χ4v) is 3.49. The summed E-state index contributed by atoms with van der Waals surface area (Å²) in [6, 6.07) is 14.6. The molecule has 1 saturated heterocycles. The average Bonchev–Trinajstić information content (AvgIpc) is 3.29. The Hall–Kier alpha value is -1.98. The Morgan fingerprint density at radius 1 is 1.21 bits per heavy atom. The standard InChI is InChI=1S/C13H21N5.C6H6/c1-2-15-12-4-3-7-18(12)11-8-9(11)10-5-6-16-13(14)17-10;1-2-4-6-5-3-1/h5-6,9,11-12,15H,2-4,7-8H2,1H3,(H2,14,16,17);1-6H. The summed E-state index contributed by atoms with van der Waals surface area (Å²) in [6.07, 6.45) is 6.09. The molecule has 1 aliphatic heterocycles. The van der Waals surface area contributed by atoms with Gasteiger partial charge in [-0.15, -0.1) is 0 Å². The highest BCUT2D eigenvalue weighted by Crippen LogP contribution is 2.46. The number of aromatic nitrogens is 2. The van der Waals surface area contributed by atoms with Crippen molar-refractivity contribution in [2.24, 2.45) is 0 Å². The molecule has 2 aromatic rings. The third-order valence-corrected chi connectivity index (χ3v) is 4.66. The van der Waals surface area contributed by atoms with E-state index in [4.69, 9.17) is 5.73 Å². The van der Waals surface area contributed by atoms with Gasteiger partial charge in [-0.05, 0) is 31.9 Å². The van der Waals surface area contributed by atoms with E-state index in [0.29, 0.717) is 24.1 Å². The van der Waals surface area contributed by atoms with E-state index in [1.165, 1.54) is 25.8 Å². The molecule has 5 nitrogen and oxygen atoms in total. The number of nitrogens with zero attached hydrogens (tertiary/aromatic N) is 3. The third kappa shape index (κ3) is 4.30. The van der Waals surface area contributed by atoms with Gasteiger partial charge in [-0.25, -0.2) is 9.97 Å². The number of anilines is 1. The second-order valence-corrected chi connectivity index (χ2v) is 6.36. The van der Waals surface area contributed by atoms with Crippen LogP contribution in [0, 0.1) is 0 Å². The maximum absolute atomic E-state index is 5.65. The second kappa shape index (κ2) is 8.22. The molecule has 2 aliphatic rings. The first kappa shape index (κ1) is 16.9. The number of nitrogens with one attached hydrogen (secondary N) is 1. The fourth-order valence-electron chi connectivity index (χ4n) is 3.49. The summed E-state index contributed by atoms with van der Waals surface area (Å²) in [5.41, 5.74) is 6.76. The van der Waals surface area contributed by atoms with Gasteiger partial charge in [0.1, 0.15) is 0 Å². The predicted octanol–water partition coefficient (Wildman–Crippen LogP) is 2.63. The van der Waals surface area contributed by atoms with Gasteiger partial charge in [-0.1, -0.05) is 43.3 Å². The van der Waals surface area contributed by atoms with E-state index in [-0.39, 0.29) is 0 Å². The van der Waals surface area contributed by atoms with Crippen molar-refractivity contribution in [3.05, 3.63) is 54.4 Å². The van der Waals surface area contributed by atoms with Gasteiger partial charge in [0.05, 0.1) is 11.9 Å². The van der Waals surface area contributed by atoms with Crippen LogP contribution in [0.25, 0.3) is 0 Å². The molecule has 3 N–H and O–H groups in total. The van der Waals surface area contributed by atoms with Crippen molar-refractivity contribution >= 4 is 5.95 Å². The summed E-state index contributed by atoms with van der Waals surface area (Å²) in [5.74, 6) is 0.942. The third-order valence-electron chi connectivity index (χ3n) is 4.66. The smallest absolute Gasteiger partial charge is 0.220 e. The van der Waals surface area contributed by atoms with Gasteiger partial charge in [0.25, 0.3) is 0 Å². The van der Waals surface area contributed by atoms with Gasteiger partial charge >= 0.3 is 0 Å². The average molecular weight is 325 g/mol. The van der Waals surface area contributed by atoms with Crippen LogP contribution in [0.15, 0.2) is 48.7 Å². The van der Waals surface area contributed by atoms with Crippen LogP contribution in [0.2, 0.25) is 0 Å². The van der Waals surface area contributed by atoms with Crippen molar-refractivity contribution in [3.63, 3.8) is 0 Å². The van der Waals surface area contributed by atoms with Crippen LogP contribution in [0.4, 0.5) is 5.95 Å². The largest absolute Gasteiger partial charge is 0.368 e. The molecule has 3 unspecified atom stereocenters. The molecular weight excluding hydrogens is 298 g/mol. The highest BCUT2D eigenvalue weighted by Gasteiger charge is 2.47. The summed E-state index contributed by atoms with van der Waals surface area (Å²) in [7, 11) is 0. The SMILES string of the molecule is CCNC1CCCN1C1CC1c1ccnc(N)n1.c1ccccc1. The number of nitrogens with two attached hydrogens (primary N) is 1. The van der Waals surface area contributed by atoms with Crippen molar-refractivity contribution < 1.29 is 0 Å². The van der Waals surface area contributed by atoms with Crippen molar-refractivity contribution in [2.45, 2.75) is 44.3 Å². The zero-order valence-electron chi connectivity index (χ0n) is 14.3. The fraction of sp³-hybridized carbons (Fsp3) is 0.474. The van der Waals surface area contributed by atoms with E-state index in [2.05, 4.69) is 27.1 Å². The summed E-state index contributed by atoms with van der Waals surface area (Å²) in [5, 5.41) is 3.57. The molecule has 24 heavy (non-hydrogen) atoms. The molecule has 1 aromatic carbocycles. The van der Waals surface area contributed by atoms with Crippen LogP contribution in [-0.4, -0.2) is 40.2 Å². The van der Waals surface area contributed by atoms with E-state index in [1.807, 2.05) is 42.5 Å². The molecule has 2 fully saturated rings. The molecule has 1 aromatic heterocycles. The molecule has 0 bridgehead atoms. The van der Waals surface area contributed by atoms with E-state index >= 15 is 0 Å². The normalized spacial score (nSPS) is 25.8. The number of hydrogen-bond donors (Lipinski definition) is 2. The van der Waals surface area contributed by atoms with Crippen molar-refractivity contribution in [1.82, 2.24) is 20.2 Å². The highest BCUT2D eigenvalue weighted by atomic mass is 15.3. The summed E-state index contributed by atoms with van der Waals surface area (Å²) >= 11 is 0. The lowest BCUT2D eigenvalue weighted by molar-refractivity contribution is 0.207. The molecule has 1 aliphatic carbocycles. The van der Waals surface area contributed by atoms with Gasteiger partial charge in [-0.3, -0.25) is 4.90 Å². The van der Waals surface area contributed by atoms with Gasteiger partial charge in [0.15, 0.2) is 0 Å². The maximum atomic E-state index is 5.65. The zero-order chi connectivity index (χ0) is 16.8. The number of likely N-dealkylation sites (tertiary alicyclic amines) is 1. The monoisotopic (exact) mass is 325 g/mol. The topological polar surface area (TPSA) is 67.1 Å². The number of hydrogen-bond acceptors (Lipinski definition) is 5. The minimum absolute atomic E-state index is 0.391. The highest BCUT2D eigenvalue weighted by molar-refractivity contribution is 5.26. The Labute approximate surface area is 144 Å². The molecule has 0 spiro atoms. The zero-order valence-corrected chi connectivity index (χ0v) is 14.3. The maximum Gasteiger partial charge on any atom is 0.220 e. The lowest BCUT2D eigenvalue weighted by atomic mass is 10.2. The van der Waals surface area contributed by atoms with Crippen LogP contribution in [0.5, 0.6) is 0 Å². The minimum atomic E-state index is 0.391. The van der Waals surface area contributed by atoms with Gasteiger partial charge < -0.3 is 11.1 Å². The molecular formula is C19H27N5. The Balaban J connectivity index is 0.000000238. The molecule has 0 amide bonds. The number of benzene rings is 1. The summed E-state index contributed by atoms with van der Waals surface area (Å²) < 4.78 is 0. The Morgan fingerprint density at radius 2 is 1.92 bits per heavy atom. The van der Waals surface area contributed by atoms with Crippen LogP contribution >= 0.6 is 0 Å². The predicted molar refractivity (Wildman–Crippen MR) is 97.4 cm³/mol. The van der Waals surface area contributed by atoms with Gasteiger partial charge in [-0.2, -0.15) is 0 Å². The van der Waals surface area contributed by atoms with E-state index in [1.54, 1.807) is 6.20 Å². The van der Waals surface area contributed by atoms with Crippen molar-refractivity contribution in [2.75, 3.05) is 18.8 Å². The molecule has 128 valence electrons. The number of nitrogen functional groups attached to an aromatic ring is 1. The first-order valence-electron chi connectivity index (χ1n) is 8.87. The van der Waals surface area contributed by atoms with Crippen LogP contribution < -0.4 is 11.1 Å². The van der Waals surface area contributed by atoms with Gasteiger partial charge in [0.2, 0.25) is 5.95 Å². The molecule has 5 heteroatoms. The summed E-state index contributed by atoms with van der Waals surface area (Å²) in [4.78, 5) is 10.9. The van der Waals surface area contributed by atoms with E-state index < -0.39 is 0 Å². The number of rotatable bonds is 4. The minimum Gasteiger partial charge on any atom is -0.368 e. The van der Waals surface area contributed by atoms with Crippen LogP contribution in [-0.2, 0) is 0 Å². The molecule has 2 heterocycles. The molecule has 1 saturated carbocycles. The first-order chi connectivity index (χ1) is 11.8. The molecule has 4 rings (SSSR count). The van der Waals surface area contributed by atoms with Gasteiger partial charge in [0, 0.05) is 24.7 Å². The van der Waals surface area contributed by atoms with E-state index in [9.17, 15) is 0 Å². The Kier molecular flexibility index (Phi) is 5.77. The van der Waals surface area contributed by atoms with Crippen LogP contribution in [0.1, 0.15) is 37.8 Å². The lowest BCUT2D eigenvalue weighted by Crippen LogP contribution is -2.42. The van der Waals surface area contributed by atoms with Crippen LogP contribution in [0.3, 0.4) is 0 Å². The second-order valence-electron chi connectivity index (χ2n) is 6.36. The van der Waals surface area contributed by atoms with Crippen molar-refractivity contribution in [3.8, 4) is 0 Å².